The molecule has 1 spiro atoms. The van der Waals surface area contributed by atoms with Crippen LogP contribution in [0.3, 0.4) is 0 Å². The molecule has 2 N–H and O–H groups in total. The number of hydrogen-bond acceptors (Lipinski definition) is 7. The molecule has 0 aromatic heterocycles. The van der Waals surface area contributed by atoms with Crippen LogP contribution in [0.2, 0.25) is 0 Å². The minimum Gasteiger partial charge on any atom is -0.463 e. The van der Waals surface area contributed by atoms with Crippen molar-refractivity contribution in [2.24, 2.45) is 17.8 Å². The van der Waals surface area contributed by atoms with Crippen molar-refractivity contribution >= 4 is 23.7 Å². The first kappa shape index (κ1) is 31.9. The predicted octanol–water partition coefficient (Wildman–Crippen LogP) is 2.92. The minimum absolute atomic E-state index is 0.0548. The number of amides is 3. The van der Waals surface area contributed by atoms with Crippen molar-refractivity contribution in [3.63, 3.8) is 0 Å². The first-order chi connectivity index (χ1) is 21.2. The first-order valence-corrected chi connectivity index (χ1v) is 16.0. The number of cyclic esters (lactones) is 1. The summed E-state index contributed by atoms with van der Waals surface area (Å²) in [5.41, 5.74) is -0.636. The number of allylic oxidation sites excluding steroid dienone is 1. The summed E-state index contributed by atoms with van der Waals surface area (Å²) in [6, 6.07) is 6.98. The van der Waals surface area contributed by atoms with Crippen LogP contribution < -0.4 is 5.32 Å². The average molecular weight is 608 g/mol. The summed E-state index contributed by atoms with van der Waals surface area (Å²) in [7, 11) is 0. The average Bonchev–Trinajstić information content (AvgIpc) is 3.40. The zero-order valence-corrected chi connectivity index (χ0v) is 25.9. The Labute approximate surface area is 259 Å². The molecule has 0 saturated carbocycles. The summed E-state index contributed by atoms with van der Waals surface area (Å²) >= 11 is 0. The number of nitrogens with zero attached hydrogens (tertiary/aromatic N) is 2. The monoisotopic (exact) mass is 607 g/mol. The Kier molecular flexibility index (Phi) is 9.90. The van der Waals surface area contributed by atoms with Crippen LogP contribution in [0.5, 0.6) is 0 Å². The second-order valence-electron chi connectivity index (χ2n) is 12.7. The molecule has 1 aromatic rings. The van der Waals surface area contributed by atoms with Crippen LogP contribution in [0.4, 0.5) is 0 Å². The number of rotatable bonds is 8. The lowest BCUT2D eigenvalue weighted by Gasteiger charge is -2.39. The number of aliphatic hydroxyl groups excluding tert-OH is 1. The standard InChI is InChI=1S/C34H45N3O7/c1-4-5-17-36-18-11-16-34-29(32(41)37(30(34)33(36)42)24(20-38)19-22(2)3)28-26(44-34)14-9-10-15-27(39)43-21-25(35-31(28)40)23-12-7-6-8-13-23/h6-9,11-14,16,22,24-26,28-30,38H,4-5,10,15,17-21H2,1-3H3,(H,35,40)/b14-9-/t24-,25+,26-,28+,29+,30-,34+/m1/s1. The van der Waals surface area contributed by atoms with E-state index in [0.717, 1.165) is 18.4 Å². The summed E-state index contributed by atoms with van der Waals surface area (Å²) in [5.74, 6) is -3.18. The Bertz CT molecular complexity index is 1280. The van der Waals surface area contributed by atoms with E-state index in [1.807, 2.05) is 56.3 Å². The molecule has 10 heteroatoms. The quantitative estimate of drug-likeness (QED) is 0.344. The second-order valence-corrected chi connectivity index (χ2v) is 12.7. The van der Waals surface area contributed by atoms with Crippen LogP contribution in [0.1, 0.15) is 64.5 Å². The number of unbranched alkanes of at least 4 members (excludes halogenated alkanes) is 1. The van der Waals surface area contributed by atoms with Crippen molar-refractivity contribution in [2.75, 3.05) is 26.3 Å². The lowest BCUT2D eigenvalue weighted by molar-refractivity contribution is -0.151. The van der Waals surface area contributed by atoms with E-state index in [1.165, 1.54) is 4.90 Å². The van der Waals surface area contributed by atoms with Gasteiger partial charge < -0.3 is 29.7 Å². The number of benzene rings is 1. The molecule has 3 amide bonds. The predicted molar refractivity (Wildman–Crippen MR) is 163 cm³/mol. The third-order valence-corrected chi connectivity index (χ3v) is 9.22. The molecule has 4 aliphatic rings. The number of aliphatic hydroxyl groups is 1. The highest BCUT2D eigenvalue weighted by Gasteiger charge is 2.72. The van der Waals surface area contributed by atoms with Gasteiger partial charge in [-0.15, -0.1) is 0 Å². The molecule has 1 aromatic carbocycles. The summed E-state index contributed by atoms with van der Waals surface area (Å²) in [6.07, 6.45) is 9.16. The van der Waals surface area contributed by atoms with E-state index >= 15 is 0 Å². The molecule has 2 saturated heterocycles. The molecule has 238 valence electrons. The third-order valence-electron chi connectivity index (χ3n) is 9.22. The molecule has 2 fully saturated rings. The van der Waals surface area contributed by atoms with Crippen LogP contribution in [0.15, 0.2) is 54.6 Å². The number of likely N-dealkylation sites (tertiary alicyclic amines) is 1. The summed E-state index contributed by atoms with van der Waals surface area (Å²) in [5, 5.41) is 13.6. The molecular formula is C34H45N3O7. The maximum atomic E-state index is 14.6. The van der Waals surface area contributed by atoms with Gasteiger partial charge in [-0.1, -0.05) is 81.8 Å². The number of hydrogen-bond donors (Lipinski definition) is 2. The highest BCUT2D eigenvalue weighted by atomic mass is 16.5. The first-order valence-electron chi connectivity index (χ1n) is 16.0. The van der Waals surface area contributed by atoms with Gasteiger partial charge in [-0.2, -0.15) is 0 Å². The second kappa shape index (κ2) is 13.6. The van der Waals surface area contributed by atoms with E-state index in [4.69, 9.17) is 9.47 Å². The Morgan fingerprint density at radius 1 is 1.09 bits per heavy atom. The van der Waals surface area contributed by atoms with Gasteiger partial charge in [0.25, 0.3) is 0 Å². The number of fused-ring (bicyclic) bond motifs is 2. The van der Waals surface area contributed by atoms with Crippen LogP contribution in [0.25, 0.3) is 0 Å². The highest BCUT2D eigenvalue weighted by Crippen LogP contribution is 2.53. The molecule has 44 heavy (non-hydrogen) atoms. The van der Waals surface area contributed by atoms with Crippen molar-refractivity contribution < 1.29 is 33.8 Å². The Hall–Kier alpha value is -3.50. The van der Waals surface area contributed by atoms with E-state index in [2.05, 4.69) is 12.2 Å². The largest absolute Gasteiger partial charge is 0.463 e. The van der Waals surface area contributed by atoms with Gasteiger partial charge in [-0.3, -0.25) is 19.2 Å². The van der Waals surface area contributed by atoms with E-state index < -0.39 is 47.6 Å². The van der Waals surface area contributed by atoms with E-state index in [9.17, 15) is 24.3 Å². The Balaban J connectivity index is 1.60. The van der Waals surface area contributed by atoms with E-state index in [0.29, 0.717) is 25.9 Å². The van der Waals surface area contributed by atoms with Crippen molar-refractivity contribution in [2.45, 2.75) is 82.7 Å². The maximum Gasteiger partial charge on any atom is 0.306 e. The smallest absolute Gasteiger partial charge is 0.306 e. The highest BCUT2D eigenvalue weighted by molar-refractivity contribution is 6.00. The fraction of sp³-hybridized carbons (Fsp3) is 0.588. The Morgan fingerprint density at radius 2 is 1.86 bits per heavy atom. The summed E-state index contributed by atoms with van der Waals surface area (Å²) in [4.78, 5) is 59.1. The van der Waals surface area contributed by atoms with Gasteiger partial charge in [0.05, 0.1) is 36.6 Å². The van der Waals surface area contributed by atoms with E-state index in [1.54, 1.807) is 17.1 Å². The molecule has 7 atom stereocenters. The molecule has 0 bridgehead atoms. The van der Waals surface area contributed by atoms with E-state index in [-0.39, 0.29) is 43.3 Å². The lowest BCUT2D eigenvalue weighted by atomic mass is 9.77. The normalized spacial score (nSPS) is 32.2. The van der Waals surface area contributed by atoms with Crippen molar-refractivity contribution in [3.8, 4) is 0 Å². The number of carbonyl (C=O) groups is 4. The molecule has 5 rings (SSSR count). The zero-order chi connectivity index (χ0) is 31.4. The van der Waals surface area contributed by atoms with Crippen molar-refractivity contribution in [1.29, 1.82) is 0 Å². The topological polar surface area (TPSA) is 125 Å². The number of ether oxygens (including phenoxy) is 2. The van der Waals surface area contributed by atoms with Gasteiger partial charge in [-0.25, -0.2) is 0 Å². The fourth-order valence-electron chi connectivity index (χ4n) is 7.19. The lowest BCUT2D eigenvalue weighted by Crippen LogP contribution is -2.58. The van der Waals surface area contributed by atoms with Gasteiger partial charge in [0.1, 0.15) is 18.2 Å². The van der Waals surface area contributed by atoms with Gasteiger partial charge in [0.15, 0.2) is 0 Å². The van der Waals surface area contributed by atoms with Crippen LogP contribution in [-0.2, 0) is 28.7 Å². The van der Waals surface area contributed by atoms with Gasteiger partial charge >= 0.3 is 5.97 Å². The van der Waals surface area contributed by atoms with Crippen molar-refractivity contribution in [1.82, 2.24) is 15.1 Å². The number of nitrogens with one attached hydrogen (secondary N) is 1. The molecule has 4 heterocycles. The zero-order valence-electron chi connectivity index (χ0n) is 25.9. The van der Waals surface area contributed by atoms with Gasteiger partial charge in [0.2, 0.25) is 17.7 Å². The van der Waals surface area contributed by atoms with Gasteiger partial charge in [0, 0.05) is 19.5 Å². The molecule has 10 nitrogen and oxygen atoms in total. The van der Waals surface area contributed by atoms with Crippen molar-refractivity contribution in [3.05, 3.63) is 60.2 Å². The van der Waals surface area contributed by atoms with Gasteiger partial charge in [-0.05, 0) is 30.7 Å². The fourth-order valence-corrected chi connectivity index (χ4v) is 7.19. The molecular weight excluding hydrogens is 562 g/mol. The molecule has 4 aliphatic heterocycles. The maximum absolute atomic E-state index is 14.6. The minimum atomic E-state index is -1.40. The third kappa shape index (κ3) is 6.06. The van der Waals surface area contributed by atoms with Crippen LogP contribution in [0, 0.1) is 17.8 Å². The molecule has 0 aliphatic carbocycles. The Morgan fingerprint density at radius 3 is 2.57 bits per heavy atom. The number of carbonyl (C=O) groups excluding carboxylic acids is 4. The van der Waals surface area contributed by atoms with Crippen LogP contribution in [-0.4, -0.2) is 88.7 Å². The SMILES string of the molecule is CCCCN1CC=C[C@]23O[C@@H]4/C=C\CCC(=O)OC[C@@H](c5ccccc5)NC(=O)[C@@H]4[C@H]2C(=O)N([C@@H](CO)CC(C)C)[C@@H]3C1=O. The van der Waals surface area contributed by atoms with Crippen LogP contribution >= 0.6 is 0 Å². The number of esters is 1. The summed E-state index contributed by atoms with van der Waals surface area (Å²) < 4.78 is 12.3. The molecule has 0 unspecified atom stereocenters. The summed E-state index contributed by atoms with van der Waals surface area (Å²) in [6.45, 7) is 6.62. The molecule has 0 radical (unpaired) electrons.